The number of amides is 1. The summed E-state index contributed by atoms with van der Waals surface area (Å²) in [5.41, 5.74) is 0. The van der Waals surface area contributed by atoms with Crippen molar-refractivity contribution in [1.82, 2.24) is 5.32 Å². The van der Waals surface area contributed by atoms with Gasteiger partial charge in [0.05, 0.1) is 13.3 Å². The number of rotatable bonds is 9. The Balaban J connectivity index is 1.34. The van der Waals surface area contributed by atoms with Crippen molar-refractivity contribution >= 4 is 46.3 Å². The van der Waals surface area contributed by atoms with Crippen LogP contribution in [-0.2, 0) is 4.79 Å². The van der Waals surface area contributed by atoms with Crippen LogP contribution in [0, 0.1) is 17.8 Å². The van der Waals surface area contributed by atoms with Gasteiger partial charge in [-0.3, -0.25) is 9.59 Å². The Labute approximate surface area is 177 Å². The van der Waals surface area contributed by atoms with E-state index in [0.717, 1.165) is 28.3 Å². The fourth-order valence-corrected chi connectivity index (χ4v) is 7.91. The van der Waals surface area contributed by atoms with E-state index in [4.69, 9.17) is 5.11 Å². The van der Waals surface area contributed by atoms with E-state index >= 15 is 0 Å². The zero-order chi connectivity index (χ0) is 19.5. The van der Waals surface area contributed by atoms with E-state index in [9.17, 15) is 9.59 Å². The second-order valence-corrected chi connectivity index (χ2v) is 11.4. The molecule has 2 aliphatic rings. The smallest absolute Gasteiger partial charge is 0.303 e. The highest BCUT2D eigenvalue weighted by Crippen LogP contribution is 2.50. The Bertz CT molecular complexity index is 817. The number of hydrogen-bond acceptors (Lipinski definition) is 5. The SMILES string of the molecule is O=C(O)CCCC[C@H]1[C@@H]2CC[C@@H](C2)[C@@H]1NC(=O)c1ccc(Sc2cccs2)s1. The van der Waals surface area contributed by atoms with Gasteiger partial charge in [0.25, 0.3) is 5.91 Å². The molecule has 0 aromatic carbocycles. The number of carboxylic acid groups (broad SMARTS) is 1. The first-order valence-electron chi connectivity index (χ1n) is 9.94. The van der Waals surface area contributed by atoms with Gasteiger partial charge >= 0.3 is 5.97 Å². The molecule has 0 unspecified atom stereocenters. The standard InChI is InChI=1S/C21H25NO3S3/c23-17(24)5-2-1-4-15-13-7-8-14(12-13)20(15)22-21(25)16-9-10-19(27-16)28-18-6-3-11-26-18/h3,6,9-11,13-15,20H,1-2,4-5,7-8,12H2,(H,22,25)(H,23,24)/t13-,14+,15+,20+/m1/s1. The normalized spacial score (nSPS) is 25.9. The van der Waals surface area contributed by atoms with E-state index in [1.54, 1.807) is 34.4 Å². The van der Waals surface area contributed by atoms with Crippen LogP contribution in [0.5, 0.6) is 0 Å². The van der Waals surface area contributed by atoms with Gasteiger partial charge in [0.15, 0.2) is 0 Å². The molecular weight excluding hydrogens is 410 g/mol. The molecule has 4 rings (SSSR count). The molecule has 2 saturated carbocycles. The molecular formula is C21H25NO3S3. The fourth-order valence-electron chi connectivity index (χ4n) is 4.85. The first-order valence-corrected chi connectivity index (χ1v) is 12.5. The summed E-state index contributed by atoms with van der Waals surface area (Å²) in [6.45, 7) is 0. The Morgan fingerprint density at radius 1 is 1.14 bits per heavy atom. The van der Waals surface area contributed by atoms with Crippen LogP contribution in [0.3, 0.4) is 0 Å². The highest BCUT2D eigenvalue weighted by Gasteiger charge is 2.47. The van der Waals surface area contributed by atoms with E-state index in [2.05, 4.69) is 16.8 Å². The zero-order valence-electron chi connectivity index (χ0n) is 15.6. The minimum Gasteiger partial charge on any atom is -0.481 e. The van der Waals surface area contributed by atoms with Gasteiger partial charge in [0.1, 0.15) is 0 Å². The van der Waals surface area contributed by atoms with Gasteiger partial charge in [-0.15, -0.1) is 22.7 Å². The van der Waals surface area contributed by atoms with Crippen LogP contribution in [-0.4, -0.2) is 23.0 Å². The van der Waals surface area contributed by atoms with Gasteiger partial charge in [-0.05, 0) is 73.4 Å². The summed E-state index contributed by atoms with van der Waals surface area (Å²) in [7, 11) is 0. The van der Waals surface area contributed by atoms with Crippen molar-refractivity contribution in [2.24, 2.45) is 17.8 Å². The molecule has 4 atom stereocenters. The van der Waals surface area contributed by atoms with Crippen LogP contribution < -0.4 is 5.32 Å². The second-order valence-electron chi connectivity index (χ2n) is 7.79. The molecule has 4 nitrogen and oxygen atoms in total. The van der Waals surface area contributed by atoms with Crippen molar-refractivity contribution < 1.29 is 14.7 Å². The summed E-state index contributed by atoms with van der Waals surface area (Å²) in [6.07, 6.45) is 6.65. The largest absolute Gasteiger partial charge is 0.481 e. The first kappa shape index (κ1) is 20.0. The average molecular weight is 436 g/mol. The molecule has 0 spiro atoms. The molecule has 0 aliphatic heterocycles. The molecule has 2 N–H and O–H groups in total. The molecule has 2 aromatic rings. The monoisotopic (exact) mass is 435 g/mol. The van der Waals surface area contributed by atoms with Gasteiger partial charge in [-0.25, -0.2) is 0 Å². The molecule has 0 saturated heterocycles. The summed E-state index contributed by atoms with van der Waals surface area (Å²) in [5.74, 6) is 1.14. The maximum absolute atomic E-state index is 12.9. The quantitative estimate of drug-likeness (QED) is 0.492. The van der Waals surface area contributed by atoms with Crippen molar-refractivity contribution in [2.75, 3.05) is 0 Å². The van der Waals surface area contributed by atoms with Crippen molar-refractivity contribution in [1.29, 1.82) is 0 Å². The first-order chi connectivity index (χ1) is 13.6. The summed E-state index contributed by atoms with van der Waals surface area (Å²) in [6, 6.07) is 8.37. The molecule has 2 aliphatic carbocycles. The Morgan fingerprint density at radius 3 is 2.79 bits per heavy atom. The van der Waals surface area contributed by atoms with Crippen molar-refractivity contribution in [2.45, 2.75) is 59.4 Å². The summed E-state index contributed by atoms with van der Waals surface area (Å²) >= 11 is 4.99. The van der Waals surface area contributed by atoms with Gasteiger partial charge in [-0.2, -0.15) is 0 Å². The van der Waals surface area contributed by atoms with Gasteiger partial charge in [-0.1, -0.05) is 24.2 Å². The minimum absolute atomic E-state index is 0.0520. The molecule has 1 amide bonds. The molecule has 2 aromatic heterocycles. The number of unbranched alkanes of at least 4 members (excludes halogenated alkanes) is 1. The van der Waals surface area contributed by atoms with Crippen molar-refractivity contribution in [3.8, 4) is 0 Å². The van der Waals surface area contributed by atoms with Crippen LogP contribution in [0.25, 0.3) is 0 Å². The van der Waals surface area contributed by atoms with E-state index in [1.165, 1.54) is 23.5 Å². The van der Waals surface area contributed by atoms with Gasteiger partial charge < -0.3 is 10.4 Å². The predicted molar refractivity (Wildman–Crippen MR) is 114 cm³/mol. The number of carboxylic acids is 1. The number of carbonyl (C=O) groups excluding carboxylic acids is 1. The molecule has 7 heteroatoms. The lowest BCUT2D eigenvalue weighted by Gasteiger charge is -2.31. The van der Waals surface area contributed by atoms with Crippen LogP contribution in [0.1, 0.15) is 54.6 Å². The van der Waals surface area contributed by atoms with Gasteiger partial charge in [0, 0.05) is 12.5 Å². The highest BCUT2D eigenvalue weighted by molar-refractivity contribution is 8.02. The van der Waals surface area contributed by atoms with E-state index in [0.29, 0.717) is 17.8 Å². The third-order valence-corrected chi connectivity index (χ3v) is 9.32. The third-order valence-electron chi connectivity index (χ3n) is 6.07. The number of carbonyl (C=O) groups is 2. The second kappa shape index (κ2) is 9.01. The fraction of sp³-hybridized carbons (Fsp3) is 0.524. The molecule has 28 heavy (non-hydrogen) atoms. The van der Waals surface area contributed by atoms with Crippen LogP contribution in [0.2, 0.25) is 0 Å². The summed E-state index contributed by atoms with van der Waals surface area (Å²) in [4.78, 5) is 24.4. The lowest BCUT2D eigenvalue weighted by atomic mass is 9.81. The van der Waals surface area contributed by atoms with E-state index < -0.39 is 5.97 Å². The summed E-state index contributed by atoms with van der Waals surface area (Å²) in [5, 5.41) is 14.2. The Hall–Kier alpha value is -1.31. The number of hydrogen-bond donors (Lipinski definition) is 2. The summed E-state index contributed by atoms with van der Waals surface area (Å²) < 4.78 is 2.38. The van der Waals surface area contributed by atoms with Gasteiger partial charge in [0.2, 0.25) is 0 Å². The topological polar surface area (TPSA) is 66.4 Å². The number of fused-ring (bicyclic) bond motifs is 2. The zero-order valence-corrected chi connectivity index (χ0v) is 18.1. The van der Waals surface area contributed by atoms with Crippen LogP contribution >= 0.6 is 34.4 Å². The number of thiophene rings is 2. The van der Waals surface area contributed by atoms with Crippen LogP contribution in [0.4, 0.5) is 0 Å². The Morgan fingerprint density at radius 2 is 2.00 bits per heavy atom. The molecule has 2 fully saturated rings. The minimum atomic E-state index is -0.716. The number of aliphatic carboxylic acids is 1. The maximum Gasteiger partial charge on any atom is 0.303 e. The number of nitrogens with one attached hydrogen (secondary N) is 1. The van der Waals surface area contributed by atoms with E-state index in [-0.39, 0.29) is 18.4 Å². The molecule has 2 bridgehead atoms. The molecule has 150 valence electrons. The lowest BCUT2D eigenvalue weighted by molar-refractivity contribution is -0.137. The highest BCUT2D eigenvalue weighted by atomic mass is 32.2. The third kappa shape index (κ3) is 4.63. The van der Waals surface area contributed by atoms with Crippen molar-refractivity contribution in [3.63, 3.8) is 0 Å². The van der Waals surface area contributed by atoms with E-state index in [1.807, 2.05) is 18.2 Å². The molecule has 2 heterocycles. The van der Waals surface area contributed by atoms with Crippen LogP contribution in [0.15, 0.2) is 38.1 Å². The predicted octanol–water partition coefficient (Wildman–Crippen LogP) is 5.75. The maximum atomic E-state index is 12.9. The lowest BCUT2D eigenvalue weighted by Crippen LogP contribution is -2.43. The molecule has 0 radical (unpaired) electrons. The van der Waals surface area contributed by atoms with Crippen molar-refractivity contribution in [3.05, 3.63) is 34.5 Å². The average Bonchev–Trinajstić information content (AvgIpc) is 3.45. The Kier molecular flexibility index (Phi) is 6.43.